The Morgan fingerprint density at radius 3 is 2.86 bits per heavy atom. The molecule has 5 nitrogen and oxygen atoms in total. The molecule has 2 aromatic rings. The summed E-state index contributed by atoms with van der Waals surface area (Å²) in [5, 5.41) is 12.0. The Hall–Kier alpha value is -2.27. The Morgan fingerprint density at radius 1 is 1.36 bits per heavy atom. The van der Waals surface area contributed by atoms with Crippen molar-refractivity contribution in [3.63, 3.8) is 0 Å². The van der Waals surface area contributed by atoms with Crippen LogP contribution < -0.4 is 5.32 Å². The molecule has 1 aliphatic carbocycles. The van der Waals surface area contributed by atoms with Gasteiger partial charge in [-0.2, -0.15) is 0 Å². The largest absolute Gasteiger partial charge is 0.396 e. The summed E-state index contributed by atoms with van der Waals surface area (Å²) in [5.74, 6) is 0.366. The quantitative estimate of drug-likeness (QED) is 0.799. The van der Waals surface area contributed by atoms with Gasteiger partial charge < -0.3 is 10.4 Å². The van der Waals surface area contributed by atoms with Gasteiger partial charge in [-0.1, -0.05) is 12.1 Å². The third-order valence-corrected chi connectivity index (χ3v) is 3.83. The second-order valence-electron chi connectivity index (χ2n) is 5.58. The third kappa shape index (κ3) is 3.68. The fourth-order valence-electron chi connectivity index (χ4n) is 2.51. The number of hydrogen-bond acceptors (Lipinski definition) is 4. The molecule has 1 aromatic carbocycles. The van der Waals surface area contributed by atoms with Gasteiger partial charge in [-0.05, 0) is 43.4 Å². The molecule has 1 atom stereocenters. The van der Waals surface area contributed by atoms with E-state index < -0.39 is 0 Å². The number of aliphatic hydroxyl groups is 1. The van der Waals surface area contributed by atoms with Crippen LogP contribution in [0.2, 0.25) is 0 Å². The number of carbonyl (C=O) groups is 1. The molecule has 5 heteroatoms. The highest BCUT2D eigenvalue weighted by molar-refractivity contribution is 5.91. The molecule has 1 aliphatic rings. The zero-order chi connectivity index (χ0) is 15.4. The third-order valence-electron chi connectivity index (χ3n) is 3.83. The van der Waals surface area contributed by atoms with E-state index in [0.717, 1.165) is 23.9 Å². The average molecular weight is 297 g/mol. The monoisotopic (exact) mass is 297 g/mol. The number of benzene rings is 1. The molecule has 0 aliphatic heterocycles. The number of aliphatic hydroxyl groups excluding tert-OH is 1. The van der Waals surface area contributed by atoms with E-state index in [1.54, 1.807) is 12.3 Å². The van der Waals surface area contributed by atoms with E-state index in [1.807, 2.05) is 24.3 Å². The molecular formula is C17H19N3O2. The van der Waals surface area contributed by atoms with Crippen LogP contribution in [-0.2, 0) is 4.79 Å². The van der Waals surface area contributed by atoms with Gasteiger partial charge in [0.1, 0.15) is 0 Å². The number of para-hydroxylation sites is 2. The Morgan fingerprint density at radius 2 is 2.14 bits per heavy atom. The molecule has 22 heavy (non-hydrogen) atoms. The summed E-state index contributed by atoms with van der Waals surface area (Å²) >= 11 is 0. The first-order valence-corrected chi connectivity index (χ1v) is 7.57. The number of fused-ring (bicyclic) bond motifs is 1. The molecule has 0 spiro atoms. The van der Waals surface area contributed by atoms with Crippen molar-refractivity contribution in [3.8, 4) is 0 Å². The minimum absolute atomic E-state index is 0.0739. The maximum Gasteiger partial charge on any atom is 0.244 e. The van der Waals surface area contributed by atoms with E-state index >= 15 is 0 Å². The van der Waals surface area contributed by atoms with Crippen molar-refractivity contribution in [2.75, 3.05) is 6.61 Å². The van der Waals surface area contributed by atoms with Gasteiger partial charge in [0.2, 0.25) is 5.91 Å². The molecule has 1 heterocycles. The topological polar surface area (TPSA) is 75.1 Å². The van der Waals surface area contributed by atoms with Gasteiger partial charge in [0.25, 0.3) is 0 Å². The lowest BCUT2D eigenvalue weighted by Crippen LogP contribution is -2.36. The van der Waals surface area contributed by atoms with E-state index in [2.05, 4.69) is 15.3 Å². The number of amides is 1. The van der Waals surface area contributed by atoms with Crippen LogP contribution in [0.5, 0.6) is 0 Å². The zero-order valence-electron chi connectivity index (χ0n) is 12.3. The van der Waals surface area contributed by atoms with Crippen LogP contribution in [0, 0.1) is 5.92 Å². The molecule has 2 N–H and O–H groups in total. The summed E-state index contributed by atoms with van der Waals surface area (Å²) in [5.41, 5.74) is 2.29. The molecule has 1 unspecified atom stereocenters. The van der Waals surface area contributed by atoms with Crippen molar-refractivity contribution >= 4 is 23.0 Å². The van der Waals surface area contributed by atoms with Crippen molar-refractivity contribution in [3.05, 3.63) is 42.2 Å². The van der Waals surface area contributed by atoms with Crippen LogP contribution in [-0.4, -0.2) is 33.6 Å². The van der Waals surface area contributed by atoms with Gasteiger partial charge in [-0.3, -0.25) is 9.78 Å². The lowest BCUT2D eigenvalue weighted by molar-refractivity contribution is -0.117. The smallest absolute Gasteiger partial charge is 0.244 e. The van der Waals surface area contributed by atoms with Gasteiger partial charge in [0.15, 0.2) is 0 Å². The van der Waals surface area contributed by atoms with Crippen molar-refractivity contribution in [2.24, 2.45) is 5.92 Å². The van der Waals surface area contributed by atoms with Gasteiger partial charge in [-0.25, -0.2) is 4.98 Å². The first-order chi connectivity index (χ1) is 10.8. The highest BCUT2D eigenvalue weighted by Gasteiger charge is 2.31. The summed E-state index contributed by atoms with van der Waals surface area (Å²) in [6.45, 7) is 0.0985. The molecule has 1 fully saturated rings. The molecule has 114 valence electrons. The average Bonchev–Trinajstić information content (AvgIpc) is 3.37. The normalized spacial score (nSPS) is 16.0. The summed E-state index contributed by atoms with van der Waals surface area (Å²) in [7, 11) is 0. The van der Waals surface area contributed by atoms with Crippen LogP contribution >= 0.6 is 0 Å². The van der Waals surface area contributed by atoms with Crippen molar-refractivity contribution in [1.82, 2.24) is 15.3 Å². The molecule has 0 bridgehead atoms. The summed E-state index contributed by atoms with van der Waals surface area (Å²) < 4.78 is 0. The van der Waals surface area contributed by atoms with E-state index in [1.165, 1.54) is 6.08 Å². The predicted molar refractivity (Wildman–Crippen MR) is 84.9 cm³/mol. The molecule has 3 rings (SSSR count). The predicted octanol–water partition coefficient (Wildman–Crippen LogP) is 1.92. The zero-order valence-corrected chi connectivity index (χ0v) is 12.3. The second-order valence-corrected chi connectivity index (χ2v) is 5.58. The van der Waals surface area contributed by atoms with Crippen molar-refractivity contribution in [1.29, 1.82) is 0 Å². The Labute approximate surface area is 129 Å². The minimum atomic E-state index is -0.152. The SMILES string of the molecule is O=C(/C=C/c1cnc2ccccc2n1)NC(CCO)C1CC1. The van der Waals surface area contributed by atoms with Gasteiger partial charge in [0.05, 0.1) is 22.9 Å². The standard InChI is InChI=1S/C17H19N3O2/c21-10-9-14(12-5-6-12)20-17(22)8-7-13-11-18-15-3-1-2-4-16(15)19-13/h1-4,7-8,11-12,14,21H,5-6,9-10H2,(H,20,22)/b8-7+. The minimum Gasteiger partial charge on any atom is -0.396 e. The lowest BCUT2D eigenvalue weighted by atomic mass is 10.1. The van der Waals surface area contributed by atoms with E-state index in [9.17, 15) is 4.79 Å². The molecule has 1 amide bonds. The fourth-order valence-corrected chi connectivity index (χ4v) is 2.51. The number of carbonyl (C=O) groups excluding carboxylic acids is 1. The van der Waals surface area contributed by atoms with Gasteiger partial charge in [-0.15, -0.1) is 0 Å². The molecule has 1 aromatic heterocycles. The Balaban J connectivity index is 1.65. The number of rotatable bonds is 6. The number of nitrogens with zero attached hydrogens (tertiary/aromatic N) is 2. The highest BCUT2D eigenvalue weighted by Crippen LogP contribution is 2.33. The lowest BCUT2D eigenvalue weighted by Gasteiger charge is -2.15. The first kappa shape index (κ1) is 14.7. The Kier molecular flexibility index (Phi) is 4.44. The Bertz CT molecular complexity index is 695. The molecule has 0 radical (unpaired) electrons. The molecular weight excluding hydrogens is 278 g/mol. The number of hydrogen-bond donors (Lipinski definition) is 2. The van der Waals surface area contributed by atoms with Crippen LogP contribution in [0.1, 0.15) is 25.0 Å². The van der Waals surface area contributed by atoms with Crippen LogP contribution in [0.3, 0.4) is 0 Å². The first-order valence-electron chi connectivity index (χ1n) is 7.57. The van der Waals surface area contributed by atoms with Crippen LogP contribution in [0.4, 0.5) is 0 Å². The second kappa shape index (κ2) is 6.66. The van der Waals surface area contributed by atoms with Crippen LogP contribution in [0.15, 0.2) is 36.5 Å². The number of nitrogens with one attached hydrogen (secondary N) is 1. The van der Waals surface area contributed by atoms with E-state index in [0.29, 0.717) is 18.0 Å². The maximum absolute atomic E-state index is 12.0. The summed E-state index contributed by atoms with van der Waals surface area (Å²) in [6.07, 6.45) is 7.66. The molecule has 0 saturated heterocycles. The highest BCUT2D eigenvalue weighted by atomic mass is 16.3. The molecule has 1 saturated carbocycles. The fraction of sp³-hybridized carbons (Fsp3) is 0.353. The van der Waals surface area contributed by atoms with Gasteiger partial charge >= 0.3 is 0 Å². The van der Waals surface area contributed by atoms with Crippen LogP contribution in [0.25, 0.3) is 17.1 Å². The summed E-state index contributed by atoms with van der Waals surface area (Å²) in [6, 6.07) is 7.69. The van der Waals surface area contributed by atoms with Crippen molar-refractivity contribution in [2.45, 2.75) is 25.3 Å². The van der Waals surface area contributed by atoms with E-state index in [4.69, 9.17) is 5.11 Å². The number of aromatic nitrogens is 2. The van der Waals surface area contributed by atoms with Gasteiger partial charge in [0, 0.05) is 18.7 Å². The summed E-state index contributed by atoms with van der Waals surface area (Å²) in [4.78, 5) is 20.7. The van der Waals surface area contributed by atoms with Crippen molar-refractivity contribution < 1.29 is 9.90 Å². The van der Waals surface area contributed by atoms with E-state index in [-0.39, 0.29) is 18.6 Å². The maximum atomic E-state index is 12.0.